The van der Waals surface area contributed by atoms with Crippen LogP contribution in [0.15, 0.2) is 22.7 Å². The van der Waals surface area contributed by atoms with Crippen LogP contribution in [0.25, 0.3) is 0 Å². The predicted molar refractivity (Wildman–Crippen MR) is 108 cm³/mol. The fraction of sp³-hybridized carbons (Fsp3) is 0.591. The zero-order chi connectivity index (χ0) is 19.5. The van der Waals surface area contributed by atoms with Gasteiger partial charge < -0.3 is 24.2 Å². The third-order valence-corrected chi connectivity index (χ3v) is 5.92. The molecule has 2 fully saturated rings. The van der Waals surface area contributed by atoms with Crippen LogP contribution in [0, 0.1) is 19.8 Å². The summed E-state index contributed by atoms with van der Waals surface area (Å²) < 4.78 is 16.7. The standard InChI is InChI=1S/C22H31N3O3/c1-15-20(16(2)28-24-15)14-27-21-7-4-17(10-22(21)26-3)11-23-12-18-8-9-25(13-18)19-5-6-19/h4,7,10,18-19,23H,5-6,8-9,11-14H2,1-3H3. The van der Waals surface area contributed by atoms with E-state index in [0.29, 0.717) is 6.61 Å². The maximum Gasteiger partial charge on any atom is 0.161 e. The molecule has 1 saturated heterocycles. The molecule has 6 heteroatoms. The fourth-order valence-electron chi connectivity index (χ4n) is 4.02. The van der Waals surface area contributed by atoms with E-state index in [1.807, 2.05) is 19.9 Å². The first kappa shape index (κ1) is 19.3. The number of aryl methyl sites for hydroxylation is 2. The van der Waals surface area contributed by atoms with E-state index in [4.69, 9.17) is 14.0 Å². The fourth-order valence-corrected chi connectivity index (χ4v) is 4.02. The van der Waals surface area contributed by atoms with Crippen LogP contribution in [0.1, 0.15) is 41.8 Å². The Kier molecular flexibility index (Phi) is 5.87. The van der Waals surface area contributed by atoms with Gasteiger partial charge >= 0.3 is 0 Å². The highest BCUT2D eigenvalue weighted by atomic mass is 16.5. The molecule has 1 saturated carbocycles. The number of methoxy groups -OCH3 is 1. The minimum absolute atomic E-state index is 0.425. The van der Waals surface area contributed by atoms with E-state index < -0.39 is 0 Å². The highest BCUT2D eigenvalue weighted by Crippen LogP contribution is 2.32. The zero-order valence-electron chi connectivity index (χ0n) is 17.2. The lowest BCUT2D eigenvalue weighted by Crippen LogP contribution is -2.27. The molecule has 2 heterocycles. The average Bonchev–Trinajstić information content (AvgIpc) is 3.37. The van der Waals surface area contributed by atoms with Gasteiger partial charge in [0.1, 0.15) is 12.4 Å². The molecule has 0 spiro atoms. The molecular weight excluding hydrogens is 354 g/mol. The van der Waals surface area contributed by atoms with Gasteiger partial charge in [-0.2, -0.15) is 0 Å². The van der Waals surface area contributed by atoms with Crippen molar-refractivity contribution in [1.82, 2.24) is 15.4 Å². The van der Waals surface area contributed by atoms with E-state index in [1.165, 1.54) is 37.9 Å². The van der Waals surface area contributed by atoms with Gasteiger partial charge in [-0.3, -0.25) is 0 Å². The molecule has 28 heavy (non-hydrogen) atoms. The van der Waals surface area contributed by atoms with Gasteiger partial charge in [-0.25, -0.2) is 0 Å². The number of likely N-dealkylation sites (tertiary alicyclic amines) is 1. The van der Waals surface area contributed by atoms with Gasteiger partial charge in [0.05, 0.1) is 18.4 Å². The summed E-state index contributed by atoms with van der Waals surface area (Å²) in [6.45, 7) is 8.72. The maximum absolute atomic E-state index is 5.96. The van der Waals surface area contributed by atoms with E-state index in [1.54, 1.807) is 7.11 Å². The highest BCUT2D eigenvalue weighted by molar-refractivity contribution is 5.43. The number of nitrogens with one attached hydrogen (secondary N) is 1. The molecule has 6 nitrogen and oxygen atoms in total. The van der Waals surface area contributed by atoms with Crippen LogP contribution in [-0.2, 0) is 13.2 Å². The second-order valence-corrected chi connectivity index (χ2v) is 8.09. The first-order valence-electron chi connectivity index (χ1n) is 10.3. The van der Waals surface area contributed by atoms with Crippen LogP contribution < -0.4 is 14.8 Å². The molecule has 1 unspecified atom stereocenters. The smallest absolute Gasteiger partial charge is 0.161 e. The Labute approximate surface area is 167 Å². The van der Waals surface area contributed by atoms with Crippen molar-refractivity contribution < 1.29 is 14.0 Å². The quantitative estimate of drug-likeness (QED) is 0.713. The molecule has 1 aromatic heterocycles. The van der Waals surface area contributed by atoms with Gasteiger partial charge in [0.25, 0.3) is 0 Å². The first-order chi connectivity index (χ1) is 13.6. The summed E-state index contributed by atoms with van der Waals surface area (Å²) in [6, 6.07) is 7.04. The van der Waals surface area contributed by atoms with Crippen molar-refractivity contribution in [3.05, 3.63) is 40.8 Å². The number of aromatic nitrogens is 1. The highest BCUT2D eigenvalue weighted by Gasteiger charge is 2.33. The number of ether oxygens (including phenoxy) is 2. The molecule has 152 valence electrons. The minimum Gasteiger partial charge on any atom is -0.493 e. The van der Waals surface area contributed by atoms with Crippen molar-refractivity contribution in [2.45, 2.75) is 52.3 Å². The number of hydrogen-bond donors (Lipinski definition) is 1. The summed E-state index contributed by atoms with van der Waals surface area (Å²) in [5.41, 5.74) is 3.06. The van der Waals surface area contributed by atoms with Crippen LogP contribution in [-0.4, -0.2) is 42.8 Å². The molecular formula is C22H31N3O3. The van der Waals surface area contributed by atoms with E-state index in [0.717, 1.165) is 53.6 Å². The van der Waals surface area contributed by atoms with Crippen molar-refractivity contribution >= 4 is 0 Å². The van der Waals surface area contributed by atoms with Crippen LogP contribution in [0.4, 0.5) is 0 Å². The van der Waals surface area contributed by atoms with Crippen molar-refractivity contribution in [3.8, 4) is 11.5 Å². The van der Waals surface area contributed by atoms with E-state index in [-0.39, 0.29) is 0 Å². The molecule has 0 radical (unpaired) electrons. The average molecular weight is 386 g/mol. The molecule has 1 aliphatic heterocycles. The number of hydrogen-bond acceptors (Lipinski definition) is 6. The van der Waals surface area contributed by atoms with Crippen LogP contribution >= 0.6 is 0 Å². The van der Waals surface area contributed by atoms with Crippen molar-refractivity contribution in [2.24, 2.45) is 5.92 Å². The second kappa shape index (κ2) is 8.53. The SMILES string of the molecule is COc1cc(CNCC2CCN(C3CC3)C2)ccc1OCc1c(C)noc1C. The lowest BCUT2D eigenvalue weighted by atomic mass is 10.1. The normalized spacial score (nSPS) is 19.9. The Balaban J connectivity index is 1.28. The Morgan fingerprint density at radius 1 is 1.21 bits per heavy atom. The monoisotopic (exact) mass is 385 g/mol. The summed E-state index contributed by atoms with van der Waals surface area (Å²) in [5.74, 6) is 3.07. The topological polar surface area (TPSA) is 59.8 Å². The van der Waals surface area contributed by atoms with E-state index >= 15 is 0 Å². The molecule has 0 bridgehead atoms. The number of benzene rings is 1. The maximum atomic E-state index is 5.96. The van der Waals surface area contributed by atoms with Crippen LogP contribution in [0.3, 0.4) is 0 Å². The van der Waals surface area contributed by atoms with Crippen LogP contribution in [0.5, 0.6) is 11.5 Å². The zero-order valence-corrected chi connectivity index (χ0v) is 17.2. The molecule has 1 aromatic carbocycles. The summed E-state index contributed by atoms with van der Waals surface area (Å²) in [7, 11) is 1.68. The molecule has 1 aliphatic carbocycles. The predicted octanol–water partition coefficient (Wildman–Crippen LogP) is 3.45. The van der Waals surface area contributed by atoms with Crippen LogP contribution in [0.2, 0.25) is 0 Å². The third kappa shape index (κ3) is 4.50. The van der Waals surface area contributed by atoms with Gasteiger partial charge in [0.15, 0.2) is 11.5 Å². The van der Waals surface area contributed by atoms with Gasteiger partial charge in [0, 0.05) is 19.1 Å². The summed E-state index contributed by atoms with van der Waals surface area (Å²) in [6.07, 6.45) is 4.14. The van der Waals surface area contributed by atoms with Gasteiger partial charge in [0.2, 0.25) is 0 Å². The summed E-state index contributed by atoms with van der Waals surface area (Å²) in [5, 5.41) is 7.59. The molecule has 2 aromatic rings. The molecule has 4 rings (SSSR count). The summed E-state index contributed by atoms with van der Waals surface area (Å²) >= 11 is 0. The lowest BCUT2D eigenvalue weighted by Gasteiger charge is -2.16. The van der Waals surface area contributed by atoms with E-state index in [2.05, 4.69) is 27.5 Å². The largest absolute Gasteiger partial charge is 0.493 e. The van der Waals surface area contributed by atoms with Crippen molar-refractivity contribution in [1.29, 1.82) is 0 Å². The first-order valence-corrected chi connectivity index (χ1v) is 10.3. The molecule has 1 N–H and O–H groups in total. The Morgan fingerprint density at radius 3 is 2.79 bits per heavy atom. The third-order valence-electron chi connectivity index (χ3n) is 5.92. The Bertz CT molecular complexity index is 781. The second-order valence-electron chi connectivity index (χ2n) is 8.09. The van der Waals surface area contributed by atoms with Gasteiger partial charge in [-0.15, -0.1) is 0 Å². The van der Waals surface area contributed by atoms with Gasteiger partial charge in [-0.05, 0) is 69.8 Å². The molecule has 0 amide bonds. The summed E-state index contributed by atoms with van der Waals surface area (Å²) in [4.78, 5) is 2.67. The van der Waals surface area contributed by atoms with E-state index in [9.17, 15) is 0 Å². The lowest BCUT2D eigenvalue weighted by molar-refractivity contribution is 0.281. The molecule has 2 aliphatic rings. The Hall–Kier alpha value is -2.05. The van der Waals surface area contributed by atoms with Crippen molar-refractivity contribution in [3.63, 3.8) is 0 Å². The number of rotatable bonds is 9. The molecule has 1 atom stereocenters. The Morgan fingerprint density at radius 2 is 2.07 bits per heavy atom. The minimum atomic E-state index is 0.425. The van der Waals surface area contributed by atoms with Crippen molar-refractivity contribution in [2.75, 3.05) is 26.7 Å². The number of nitrogens with zero attached hydrogens (tertiary/aromatic N) is 2. The van der Waals surface area contributed by atoms with Gasteiger partial charge in [-0.1, -0.05) is 11.2 Å².